The monoisotopic (exact) mass is 2030 g/mol. The van der Waals surface area contributed by atoms with Crippen LogP contribution in [0.3, 0.4) is 0 Å². The van der Waals surface area contributed by atoms with Crippen molar-refractivity contribution in [3.05, 3.63) is 263 Å². The summed E-state index contributed by atoms with van der Waals surface area (Å²) in [6, 6.07) is 38.2. The molecule has 3 aromatic carbocycles. The zero-order chi connectivity index (χ0) is 106. The maximum atomic E-state index is 13.8. The average molecular weight is 2040 g/mol. The summed E-state index contributed by atoms with van der Waals surface area (Å²) in [5.74, 6) is -5.93. The molecule has 0 aliphatic rings. The number of amides is 8. The fraction of sp³-hybridized carbons (Fsp3) is 0.358. The molecule has 10 heterocycles. The molecule has 0 bridgehead atoms. The number of unbranched alkanes of at least 4 members (excludes halogenated alkanes) is 2. The Morgan fingerprint density at radius 3 is 1.17 bits per heavy atom. The van der Waals surface area contributed by atoms with Crippen LogP contribution in [0.25, 0.3) is 0 Å². The van der Waals surface area contributed by atoms with E-state index < -0.39 is 48.6 Å². The predicted molar refractivity (Wildman–Crippen MR) is 557 cm³/mol. The lowest BCUT2D eigenvalue weighted by molar-refractivity contribution is -0.122. The molecule has 8 amide bonds. The fourth-order valence-electron chi connectivity index (χ4n) is 17.8. The van der Waals surface area contributed by atoms with Gasteiger partial charge >= 0.3 is 0 Å². The molecule has 13 rings (SSSR count). The Kier molecular flexibility index (Phi) is 37.0. The summed E-state index contributed by atoms with van der Waals surface area (Å²) in [5.41, 5.74) is 4.21. The molecule has 0 unspecified atom stereocenters. The van der Waals surface area contributed by atoms with Gasteiger partial charge in [0.2, 0.25) is 46.8 Å². The van der Waals surface area contributed by atoms with Gasteiger partial charge in [0.1, 0.15) is 46.2 Å². The van der Waals surface area contributed by atoms with Crippen molar-refractivity contribution in [1.82, 2.24) is 96.4 Å². The van der Waals surface area contributed by atoms with Crippen molar-refractivity contribution in [2.45, 2.75) is 135 Å². The van der Waals surface area contributed by atoms with Crippen LogP contribution >= 0.6 is 7.26 Å². The SMILES string of the molecule is CN(C)CCCCC(=O)CCCC(=O)c1cc(CC(=O)c2cc(CC(=O)CCCC(=O)c3nc(CC(=O)c4cc(CC(=O)c5nc(CC(=O)CCCNC(=O)c6cc(NC(=O)c7nc(NC(=O)CCNC(=O)c8nc(NC(=O)c9nc(NC(=O)c%10nc(NC(=O)CCNC(=O)CCCC[P+](c%11ccccc%11)(c%11ccccc%11)c%11ccccc%11)cn%10C)cn9C)cn8C)cn7C)cn6C)cn5C)cn4C)cn3C)cn2C)cn1C. The van der Waals surface area contributed by atoms with Crippen molar-refractivity contribution in [2.75, 3.05) is 73.0 Å². The van der Waals surface area contributed by atoms with E-state index in [9.17, 15) is 76.7 Å². The van der Waals surface area contributed by atoms with E-state index in [2.05, 4.69) is 150 Å². The Balaban J connectivity index is 0.475. The van der Waals surface area contributed by atoms with Gasteiger partial charge in [0.25, 0.3) is 29.5 Å². The van der Waals surface area contributed by atoms with Gasteiger partial charge in [-0.3, -0.25) is 76.7 Å². The number of anilines is 5. The van der Waals surface area contributed by atoms with Crippen molar-refractivity contribution < 1.29 is 76.7 Å². The first kappa shape index (κ1) is 109. The van der Waals surface area contributed by atoms with E-state index in [-0.39, 0.29) is 225 Å². The van der Waals surface area contributed by atoms with Gasteiger partial charge in [-0.25, -0.2) is 29.9 Å². The second kappa shape index (κ2) is 50.4. The van der Waals surface area contributed by atoms with E-state index in [1.165, 1.54) is 102 Å². The van der Waals surface area contributed by atoms with E-state index >= 15 is 0 Å². The van der Waals surface area contributed by atoms with Crippen LogP contribution in [0.2, 0.25) is 0 Å². The van der Waals surface area contributed by atoms with Gasteiger partial charge in [0, 0.05) is 229 Å². The number of hydrogen-bond donors (Lipinski definition) is 8. The molecule has 13 aromatic rings. The van der Waals surface area contributed by atoms with E-state index in [1.54, 1.807) is 117 Å². The summed E-state index contributed by atoms with van der Waals surface area (Å²) in [7, 11) is 18.2. The molecule has 0 fully saturated rings. The highest BCUT2D eigenvalue weighted by atomic mass is 31.2. The summed E-state index contributed by atoms with van der Waals surface area (Å²) in [4.78, 5) is 241. The molecule has 0 radical (unpaired) electrons. The minimum absolute atomic E-state index is 0.00721. The quantitative estimate of drug-likeness (QED) is 0.0100. The maximum absolute atomic E-state index is 13.8. The molecule has 42 heteroatoms. The smallest absolute Gasteiger partial charge is 0.292 e. The van der Waals surface area contributed by atoms with Gasteiger partial charge in [-0.05, 0) is 143 Å². The number of hydrogen-bond acceptors (Lipinski definition) is 23. The van der Waals surface area contributed by atoms with Gasteiger partial charge in [-0.15, -0.1) is 0 Å². The number of aryl methyl sites for hydroxylation is 10. The molecular formula is C106H125N25O16P+. The third-order valence-electron chi connectivity index (χ3n) is 25.1. The van der Waals surface area contributed by atoms with Crippen molar-refractivity contribution >= 4 is 146 Å². The zero-order valence-corrected chi connectivity index (χ0v) is 86.1. The lowest BCUT2D eigenvalue weighted by atomic mass is 10.0. The molecule has 0 saturated carbocycles. The van der Waals surface area contributed by atoms with Crippen LogP contribution in [-0.2, 0) is 131 Å². The zero-order valence-electron chi connectivity index (χ0n) is 85.2. The third kappa shape index (κ3) is 29.0. The number of nitrogens with one attached hydrogen (secondary N) is 8. The Bertz CT molecular complexity index is 7010. The van der Waals surface area contributed by atoms with Crippen molar-refractivity contribution in [1.29, 1.82) is 0 Å². The van der Waals surface area contributed by atoms with Crippen molar-refractivity contribution in [3.8, 4) is 0 Å². The van der Waals surface area contributed by atoms with Gasteiger partial charge in [0.05, 0.1) is 53.2 Å². The topological polar surface area (TPSA) is 499 Å². The summed E-state index contributed by atoms with van der Waals surface area (Å²) >= 11 is 0. The average Bonchev–Trinajstić information content (AvgIpc) is 0.931. The Morgan fingerprint density at radius 2 is 0.662 bits per heavy atom. The summed E-state index contributed by atoms with van der Waals surface area (Å²) in [6.45, 7) is 0.976. The first-order valence-corrected chi connectivity index (χ1v) is 50.9. The van der Waals surface area contributed by atoms with Gasteiger partial charge < -0.3 is 93.1 Å². The van der Waals surface area contributed by atoms with Crippen LogP contribution in [0.4, 0.5) is 29.0 Å². The van der Waals surface area contributed by atoms with Crippen LogP contribution in [0, 0.1) is 0 Å². The number of carbonyl (C=O) groups excluding carboxylic acids is 16. The van der Waals surface area contributed by atoms with E-state index in [1.807, 2.05) is 32.3 Å². The van der Waals surface area contributed by atoms with E-state index in [0.29, 0.717) is 77.3 Å². The standard InChI is InChI=1S/C106H124N25O16P/c1-121(2)47-24-22-29-74(132)30-26-39-84(135)80-51-69(59-122(80)3)53-86(137)81-50-68(58-123(81)4)49-75(133)31-27-40-85(136)96-111-73(63-126(96)7)57-87(138)82-52-70(60-124(82)5)54-88(139)97-110-71(62-127(97)8)55-76(134)32-28-44-108-102(143)83-56-72(61-125(83)6)112-104(145)99-115-89(64-129(99)10)114-95(142)43-46-109-103(144)98-117-91(66-128(98)9)119-106(147)101-118-92(67-131(101)12)120-105(146)100-116-90(65-130(100)11)113-94(141)42-45-107-93(140)41-23-25-48-148(77-33-16-13-17-34-77,78-35-18-14-19-36-78)79-37-20-15-21-38-79/h13-21,33-38,50-52,56,58-67H,22-32,39-49,53-55,57H2,1-12H3,(H7-,107,108,109,112,113,114,119,120,140,141,142,143,144,145,146,147)/p+1. The van der Waals surface area contributed by atoms with Crippen LogP contribution in [0.1, 0.15) is 236 Å². The van der Waals surface area contributed by atoms with Crippen molar-refractivity contribution in [3.63, 3.8) is 0 Å². The number of ketones is 8. The summed E-state index contributed by atoms with van der Waals surface area (Å²) < 4.78 is 15.1. The molecular weight excluding hydrogens is 1910 g/mol. The molecule has 0 spiro atoms. The number of imidazole rings is 6. The van der Waals surface area contributed by atoms with Crippen molar-refractivity contribution in [2.24, 2.45) is 70.5 Å². The first-order valence-electron chi connectivity index (χ1n) is 48.9. The second-order valence-corrected chi connectivity index (χ2v) is 41.0. The molecule has 10 aromatic heterocycles. The molecule has 0 aliphatic heterocycles. The minimum Gasteiger partial charge on any atom is -0.356 e. The maximum Gasteiger partial charge on any atom is 0.292 e. The molecule has 0 atom stereocenters. The molecule has 148 heavy (non-hydrogen) atoms. The van der Waals surface area contributed by atoms with E-state index in [0.717, 1.165) is 32.0 Å². The normalized spacial score (nSPS) is 11.4. The van der Waals surface area contributed by atoms with Gasteiger partial charge in [-0.1, -0.05) is 54.6 Å². The van der Waals surface area contributed by atoms with Crippen LogP contribution in [0.5, 0.6) is 0 Å². The fourth-order valence-corrected chi connectivity index (χ4v) is 22.2. The third-order valence-corrected chi connectivity index (χ3v) is 29.6. The molecule has 0 saturated heterocycles. The largest absolute Gasteiger partial charge is 0.356 e. The molecule has 774 valence electrons. The Labute approximate surface area is 855 Å². The Hall–Kier alpha value is -16.5. The number of Topliss-reactive ketones (excluding diaryl/α,β-unsaturated/α-hetero) is 8. The molecule has 8 N–H and O–H groups in total. The number of carbonyl (C=O) groups is 16. The Morgan fingerprint density at radius 1 is 0.277 bits per heavy atom. The van der Waals surface area contributed by atoms with Gasteiger partial charge in [0.15, 0.2) is 58.1 Å². The van der Waals surface area contributed by atoms with E-state index in [4.69, 9.17) is 0 Å². The molecule has 0 aliphatic carbocycles. The minimum atomic E-state index is -2.04. The highest BCUT2D eigenvalue weighted by Gasteiger charge is 2.45. The predicted octanol–water partition coefficient (Wildman–Crippen LogP) is 8.98. The lowest BCUT2D eigenvalue weighted by Crippen LogP contribution is -2.33. The molecule has 41 nitrogen and oxygen atoms in total. The summed E-state index contributed by atoms with van der Waals surface area (Å²) in [6.07, 6.45) is 21.7. The highest BCUT2D eigenvalue weighted by molar-refractivity contribution is 7.95. The second-order valence-electron chi connectivity index (χ2n) is 37.3. The summed E-state index contributed by atoms with van der Waals surface area (Å²) in [5, 5.41) is 25.3. The highest BCUT2D eigenvalue weighted by Crippen LogP contribution is 2.56. The number of aromatic nitrogens is 16. The number of nitrogens with zero attached hydrogens (tertiary/aromatic N) is 17. The van der Waals surface area contributed by atoms with Gasteiger partial charge in [-0.2, -0.15) is 0 Å². The van der Waals surface area contributed by atoms with Crippen LogP contribution in [-0.4, -0.2) is 220 Å². The number of benzene rings is 3. The number of rotatable bonds is 56. The lowest BCUT2D eigenvalue weighted by Gasteiger charge is -2.27. The first-order chi connectivity index (χ1) is 70.8. The van der Waals surface area contributed by atoms with Crippen LogP contribution in [0.15, 0.2) is 177 Å². The van der Waals surface area contributed by atoms with Crippen LogP contribution < -0.4 is 58.4 Å².